The minimum Gasteiger partial charge on any atom is -0.455 e. The lowest BCUT2D eigenvalue weighted by atomic mass is 10.2. The smallest absolute Gasteiger partial charge is 0.361 e. The molecule has 1 N–H and O–H groups in total. The van der Waals surface area contributed by atoms with E-state index in [4.69, 9.17) is 9.26 Å². The maximum Gasteiger partial charge on any atom is 0.361 e. The third-order valence-electron chi connectivity index (χ3n) is 1.82. The van der Waals surface area contributed by atoms with E-state index in [9.17, 15) is 4.79 Å². The van der Waals surface area contributed by atoms with Crippen LogP contribution in [-0.2, 0) is 4.74 Å². The summed E-state index contributed by atoms with van der Waals surface area (Å²) in [6.45, 7) is 5.34. The molecule has 2 aromatic rings. The van der Waals surface area contributed by atoms with Gasteiger partial charge in [-0.3, -0.25) is 0 Å². The largest absolute Gasteiger partial charge is 0.455 e. The van der Waals surface area contributed by atoms with Crippen LogP contribution in [0.3, 0.4) is 0 Å². The summed E-state index contributed by atoms with van der Waals surface area (Å²) in [4.78, 5) is 11.8. The van der Waals surface area contributed by atoms with Crippen molar-refractivity contribution in [3.05, 3.63) is 18.0 Å². The molecule has 0 atom stereocenters. The predicted molar refractivity (Wildman–Crippen MR) is 57.0 cm³/mol. The molecule has 0 aliphatic rings. The molecule has 2 rings (SSSR count). The highest BCUT2D eigenvalue weighted by molar-refractivity contribution is 5.93. The van der Waals surface area contributed by atoms with Gasteiger partial charge in [-0.1, -0.05) is 5.16 Å². The third-order valence-corrected chi connectivity index (χ3v) is 1.82. The number of H-pyrrole nitrogens is 1. The molecule has 90 valence electrons. The van der Waals surface area contributed by atoms with Crippen LogP contribution in [0.1, 0.15) is 31.3 Å². The summed E-state index contributed by atoms with van der Waals surface area (Å²) in [5.41, 5.74) is 0.248. The topological polar surface area (TPSA) is 93.9 Å². The van der Waals surface area contributed by atoms with Gasteiger partial charge in [-0.2, -0.15) is 10.3 Å². The number of nitrogens with one attached hydrogen (secondary N) is 1. The number of aromatic nitrogens is 4. The predicted octanol–water partition coefficient (Wildman–Crippen LogP) is 1.41. The number of carbonyl (C=O) groups excluding carboxylic acids is 1. The summed E-state index contributed by atoms with van der Waals surface area (Å²) in [6, 6.07) is 1.59. The van der Waals surface area contributed by atoms with E-state index >= 15 is 0 Å². The highest BCUT2D eigenvalue weighted by atomic mass is 16.6. The number of hydrogen-bond donors (Lipinski definition) is 1. The van der Waals surface area contributed by atoms with Crippen LogP contribution in [-0.4, -0.2) is 32.1 Å². The van der Waals surface area contributed by atoms with Crippen molar-refractivity contribution in [3.63, 3.8) is 0 Å². The van der Waals surface area contributed by atoms with E-state index in [-0.39, 0.29) is 5.69 Å². The molecule has 0 bridgehead atoms. The van der Waals surface area contributed by atoms with E-state index in [1.165, 1.54) is 6.26 Å². The summed E-state index contributed by atoms with van der Waals surface area (Å²) < 4.78 is 9.89. The average Bonchev–Trinajstić information content (AvgIpc) is 2.85. The van der Waals surface area contributed by atoms with Gasteiger partial charge in [0.25, 0.3) is 0 Å². The normalized spacial score (nSPS) is 11.5. The van der Waals surface area contributed by atoms with Crippen molar-refractivity contribution in [3.8, 4) is 11.4 Å². The van der Waals surface area contributed by atoms with Gasteiger partial charge in [0.15, 0.2) is 5.69 Å². The summed E-state index contributed by atoms with van der Waals surface area (Å²) in [5.74, 6) is -0.552. The zero-order valence-corrected chi connectivity index (χ0v) is 9.72. The number of carbonyl (C=O) groups is 1. The lowest BCUT2D eigenvalue weighted by molar-refractivity contribution is 0.00637. The van der Waals surface area contributed by atoms with Gasteiger partial charge in [-0.15, -0.1) is 5.10 Å². The quantitative estimate of drug-likeness (QED) is 0.792. The van der Waals surface area contributed by atoms with E-state index in [1.807, 2.05) is 0 Å². The molecule has 0 aromatic carbocycles. The summed E-state index contributed by atoms with van der Waals surface area (Å²) in [7, 11) is 0. The van der Waals surface area contributed by atoms with Gasteiger partial charge in [0.2, 0.25) is 0 Å². The van der Waals surface area contributed by atoms with Crippen LogP contribution in [0.5, 0.6) is 0 Å². The van der Waals surface area contributed by atoms with Gasteiger partial charge in [0, 0.05) is 6.07 Å². The summed E-state index contributed by atoms with van der Waals surface area (Å²) in [5, 5.41) is 13.7. The fourth-order valence-corrected chi connectivity index (χ4v) is 1.21. The second-order valence-electron chi connectivity index (χ2n) is 4.41. The van der Waals surface area contributed by atoms with Crippen LogP contribution in [0.2, 0.25) is 0 Å². The van der Waals surface area contributed by atoms with E-state index in [2.05, 4.69) is 20.6 Å². The molecule has 17 heavy (non-hydrogen) atoms. The number of hydrogen-bond acceptors (Lipinski definition) is 6. The molecule has 7 heteroatoms. The van der Waals surface area contributed by atoms with Crippen molar-refractivity contribution in [1.82, 2.24) is 20.6 Å². The van der Waals surface area contributed by atoms with E-state index in [0.29, 0.717) is 11.4 Å². The molecule has 0 unspecified atom stereocenters. The van der Waals surface area contributed by atoms with Gasteiger partial charge in [0.05, 0.1) is 0 Å². The van der Waals surface area contributed by atoms with Crippen molar-refractivity contribution in [1.29, 1.82) is 0 Å². The van der Waals surface area contributed by atoms with Gasteiger partial charge in [-0.05, 0) is 20.8 Å². The number of esters is 1. The van der Waals surface area contributed by atoms with Gasteiger partial charge < -0.3 is 9.26 Å². The molecule has 0 aliphatic heterocycles. The maximum atomic E-state index is 11.8. The number of nitrogens with zero attached hydrogens (tertiary/aromatic N) is 3. The number of aromatic amines is 1. The number of rotatable bonds is 2. The summed E-state index contributed by atoms with van der Waals surface area (Å²) >= 11 is 0. The molecule has 0 saturated carbocycles. The molecular weight excluding hydrogens is 224 g/mol. The fourth-order valence-electron chi connectivity index (χ4n) is 1.21. The lowest BCUT2D eigenvalue weighted by Gasteiger charge is -2.18. The Kier molecular flexibility index (Phi) is 2.66. The first-order valence-electron chi connectivity index (χ1n) is 5.02. The first kappa shape index (κ1) is 11.3. The van der Waals surface area contributed by atoms with Crippen LogP contribution >= 0.6 is 0 Å². The Bertz CT molecular complexity index is 510. The Balaban J connectivity index is 2.29. The molecule has 0 saturated heterocycles. The Morgan fingerprint density at radius 2 is 2.18 bits per heavy atom. The second kappa shape index (κ2) is 4.00. The first-order valence-corrected chi connectivity index (χ1v) is 5.02. The SMILES string of the molecule is CC(C)(C)OC(=O)c1n[nH]nc1-c1ccon1. The minimum atomic E-state index is -0.586. The van der Waals surface area contributed by atoms with Crippen LogP contribution in [0.25, 0.3) is 11.4 Å². The average molecular weight is 236 g/mol. The highest BCUT2D eigenvalue weighted by Crippen LogP contribution is 2.19. The van der Waals surface area contributed by atoms with E-state index in [1.54, 1.807) is 26.8 Å². The molecule has 2 aromatic heterocycles. The Hall–Kier alpha value is -2.18. The number of ether oxygens (including phenoxy) is 1. The zero-order chi connectivity index (χ0) is 12.5. The fraction of sp³-hybridized carbons (Fsp3) is 0.400. The molecule has 0 fully saturated rings. The van der Waals surface area contributed by atoms with Crippen LogP contribution in [0.4, 0.5) is 0 Å². The van der Waals surface area contributed by atoms with Crippen molar-refractivity contribution < 1.29 is 14.1 Å². The monoisotopic (exact) mass is 236 g/mol. The van der Waals surface area contributed by atoms with Crippen molar-refractivity contribution >= 4 is 5.97 Å². The molecule has 0 amide bonds. The molecule has 0 aliphatic carbocycles. The van der Waals surface area contributed by atoms with Gasteiger partial charge in [-0.25, -0.2) is 4.79 Å². The first-order chi connectivity index (χ1) is 7.97. The van der Waals surface area contributed by atoms with Crippen molar-refractivity contribution in [2.24, 2.45) is 0 Å². The Morgan fingerprint density at radius 3 is 2.76 bits per heavy atom. The second-order valence-corrected chi connectivity index (χ2v) is 4.41. The van der Waals surface area contributed by atoms with Gasteiger partial charge >= 0.3 is 5.97 Å². The molecular formula is C10H12N4O3. The maximum absolute atomic E-state index is 11.8. The molecule has 0 radical (unpaired) electrons. The van der Waals surface area contributed by atoms with Crippen LogP contribution in [0, 0.1) is 0 Å². The highest BCUT2D eigenvalue weighted by Gasteiger charge is 2.25. The van der Waals surface area contributed by atoms with E-state index < -0.39 is 11.6 Å². The summed E-state index contributed by atoms with van der Waals surface area (Å²) in [6.07, 6.45) is 1.39. The van der Waals surface area contributed by atoms with Crippen LogP contribution in [0.15, 0.2) is 16.9 Å². The molecule has 2 heterocycles. The Labute approximate surface area is 97.1 Å². The minimum absolute atomic E-state index is 0.0915. The van der Waals surface area contributed by atoms with Crippen molar-refractivity contribution in [2.45, 2.75) is 26.4 Å². The van der Waals surface area contributed by atoms with Crippen molar-refractivity contribution in [2.75, 3.05) is 0 Å². The third kappa shape index (κ3) is 2.49. The van der Waals surface area contributed by atoms with Gasteiger partial charge in [0.1, 0.15) is 23.3 Å². The molecule has 0 spiro atoms. The Morgan fingerprint density at radius 1 is 1.41 bits per heavy atom. The molecule has 7 nitrogen and oxygen atoms in total. The lowest BCUT2D eigenvalue weighted by Crippen LogP contribution is -2.24. The van der Waals surface area contributed by atoms with Crippen LogP contribution < -0.4 is 0 Å². The zero-order valence-electron chi connectivity index (χ0n) is 9.72. The standard InChI is InChI=1S/C10H12N4O3/c1-10(2,3)17-9(15)8-7(11-14-12-8)6-4-5-16-13-6/h4-5H,1-3H3,(H,11,12,14). The van der Waals surface area contributed by atoms with E-state index in [0.717, 1.165) is 0 Å².